The standard InChI is InChI=1S/C22H31N3O4/c1-23-22(24-13-6-14-28-16-15-26-2)25-17-18-9-11-19(12-10-18)29-21-8-5-4-7-20(21)27-3/h4-5,7-12H,6,13-17H2,1-3H3,(H2,23,24,25). The molecule has 2 rings (SSSR count). The normalized spacial score (nSPS) is 11.2. The Labute approximate surface area is 173 Å². The molecule has 0 radical (unpaired) electrons. The molecule has 0 aliphatic heterocycles. The summed E-state index contributed by atoms with van der Waals surface area (Å²) in [4.78, 5) is 4.24. The maximum atomic E-state index is 5.90. The van der Waals surface area contributed by atoms with Gasteiger partial charge in [-0.15, -0.1) is 0 Å². The third-order valence-electron chi connectivity index (χ3n) is 4.09. The molecular formula is C22H31N3O4. The maximum absolute atomic E-state index is 5.90. The largest absolute Gasteiger partial charge is 0.493 e. The minimum atomic E-state index is 0.624. The van der Waals surface area contributed by atoms with Gasteiger partial charge >= 0.3 is 0 Å². The molecule has 0 saturated carbocycles. The van der Waals surface area contributed by atoms with Crippen molar-refractivity contribution < 1.29 is 18.9 Å². The summed E-state index contributed by atoms with van der Waals surface area (Å²) in [6, 6.07) is 15.5. The van der Waals surface area contributed by atoms with E-state index >= 15 is 0 Å². The van der Waals surface area contributed by atoms with Crippen LogP contribution in [0.5, 0.6) is 17.2 Å². The van der Waals surface area contributed by atoms with Gasteiger partial charge in [0.25, 0.3) is 0 Å². The second kappa shape index (κ2) is 13.4. The van der Waals surface area contributed by atoms with Crippen LogP contribution >= 0.6 is 0 Å². The third kappa shape index (κ3) is 8.41. The molecule has 0 bridgehead atoms. The highest BCUT2D eigenvalue weighted by atomic mass is 16.5. The number of ether oxygens (including phenoxy) is 4. The summed E-state index contributed by atoms with van der Waals surface area (Å²) in [5, 5.41) is 6.58. The fourth-order valence-electron chi connectivity index (χ4n) is 2.54. The number of aliphatic imine (C=N–C) groups is 1. The van der Waals surface area contributed by atoms with Crippen LogP contribution in [0.4, 0.5) is 0 Å². The molecule has 29 heavy (non-hydrogen) atoms. The Kier molecular flexibility index (Phi) is 10.4. The monoisotopic (exact) mass is 401 g/mol. The van der Waals surface area contributed by atoms with Crippen molar-refractivity contribution in [3.63, 3.8) is 0 Å². The number of hydrogen-bond acceptors (Lipinski definition) is 5. The van der Waals surface area contributed by atoms with Gasteiger partial charge in [-0.05, 0) is 36.2 Å². The smallest absolute Gasteiger partial charge is 0.191 e. The Hall–Kier alpha value is -2.77. The lowest BCUT2D eigenvalue weighted by atomic mass is 10.2. The topological polar surface area (TPSA) is 73.3 Å². The minimum absolute atomic E-state index is 0.624. The van der Waals surface area contributed by atoms with Gasteiger partial charge in [0.2, 0.25) is 0 Å². The van der Waals surface area contributed by atoms with Crippen molar-refractivity contribution >= 4 is 5.96 Å². The molecule has 0 atom stereocenters. The number of para-hydroxylation sites is 2. The number of nitrogens with zero attached hydrogens (tertiary/aromatic N) is 1. The zero-order valence-electron chi connectivity index (χ0n) is 17.4. The first-order chi connectivity index (χ1) is 14.3. The molecule has 2 aromatic carbocycles. The van der Waals surface area contributed by atoms with Crippen LogP contribution in [-0.2, 0) is 16.0 Å². The first-order valence-corrected chi connectivity index (χ1v) is 9.68. The van der Waals surface area contributed by atoms with Gasteiger partial charge in [0.05, 0.1) is 20.3 Å². The van der Waals surface area contributed by atoms with Gasteiger partial charge in [0.15, 0.2) is 17.5 Å². The van der Waals surface area contributed by atoms with Gasteiger partial charge in [0.1, 0.15) is 5.75 Å². The highest BCUT2D eigenvalue weighted by Gasteiger charge is 2.04. The second-order valence-electron chi connectivity index (χ2n) is 6.21. The molecule has 7 heteroatoms. The highest BCUT2D eigenvalue weighted by molar-refractivity contribution is 5.79. The van der Waals surface area contributed by atoms with Gasteiger partial charge in [-0.1, -0.05) is 24.3 Å². The van der Waals surface area contributed by atoms with Crippen molar-refractivity contribution in [1.82, 2.24) is 10.6 Å². The Morgan fingerprint density at radius 1 is 0.897 bits per heavy atom. The average Bonchev–Trinajstić information content (AvgIpc) is 2.76. The Morgan fingerprint density at radius 3 is 2.34 bits per heavy atom. The number of benzene rings is 2. The van der Waals surface area contributed by atoms with E-state index in [2.05, 4.69) is 15.6 Å². The van der Waals surface area contributed by atoms with E-state index in [0.29, 0.717) is 37.9 Å². The van der Waals surface area contributed by atoms with Gasteiger partial charge < -0.3 is 29.6 Å². The number of nitrogens with one attached hydrogen (secondary N) is 2. The second-order valence-corrected chi connectivity index (χ2v) is 6.21. The molecule has 0 heterocycles. The number of hydrogen-bond donors (Lipinski definition) is 2. The van der Waals surface area contributed by atoms with E-state index in [1.807, 2.05) is 48.5 Å². The Morgan fingerprint density at radius 2 is 1.66 bits per heavy atom. The summed E-state index contributed by atoms with van der Waals surface area (Å²) in [7, 11) is 5.06. The van der Waals surface area contributed by atoms with Gasteiger partial charge in [-0.25, -0.2) is 0 Å². The quantitative estimate of drug-likeness (QED) is 0.323. The molecule has 0 aliphatic carbocycles. The molecule has 0 fully saturated rings. The summed E-state index contributed by atoms with van der Waals surface area (Å²) >= 11 is 0. The van der Waals surface area contributed by atoms with Crippen LogP contribution in [0.15, 0.2) is 53.5 Å². The van der Waals surface area contributed by atoms with E-state index in [9.17, 15) is 0 Å². The molecule has 0 spiro atoms. The summed E-state index contributed by atoms with van der Waals surface area (Å²) < 4.78 is 21.6. The highest BCUT2D eigenvalue weighted by Crippen LogP contribution is 2.30. The minimum Gasteiger partial charge on any atom is -0.493 e. The van der Waals surface area contributed by atoms with E-state index in [-0.39, 0.29) is 0 Å². The van der Waals surface area contributed by atoms with E-state index in [0.717, 1.165) is 30.2 Å². The molecule has 2 N–H and O–H groups in total. The van der Waals surface area contributed by atoms with E-state index < -0.39 is 0 Å². The zero-order valence-corrected chi connectivity index (χ0v) is 17.4. The van der Waals surface area contributed by atoms with Crippen LogP contribution in [0.3, 0.4) is 0 Å². The summed E-state index contributed by atoms with van der Waals surface area (Å²) in [5.41, 5.74) is 1.13. The van der Waals surface area contributed by atoms with Crippen LogP contribution in [0, 0.1) is 0 Å². The van der Waals surface area contributed by atoms with Gasteiger partial charge in [-0.2, -0.15) is 0 Å². The first kappa shape index (κ1) is 22.5. The van der Waals surface area contributed by atoms with E-state index in [1.165, 1.54) is 0 Å². The van der Waals surface area contributed by atoms with Gasteiger partial charge in [-0.3, -0.25) is 4.99 Å². The molecule has 158 valence electrons. The Balaban J connectivity index is 1.73. The van der Waals surface area contributed by atoms with Crippen LogP contribution in [0.1, 0.15) is 12.0 Å². The lowest BCUT2D eigenvalue weighted by molar-refractivity contribution is 0.0698. The maximum Gasteiger partial charge on any atom is 0.191 e. The fraction of sp³-hybridized carbons (Fsp3) is 0.409. The first-order valence-electron chi connectivity index (χ1n) is 9.68. The van der Waals surface area contributed by atoms with Crippen LogP contribution < -0.4 is 20.1 Å². The summed E-state index contributed by atoms with van der Waals surface area (Å²) in [6.07, 6.45) is 0.902. The molecule has 7 nitrogen and oxygen atoms in total. The molecule has 0 amide bonds. The third-order valence-corrected chi connectivity index (χ3v) is 4.09. The summed E-state index contributed by atoms with van der Waals surface area (Å²) in [5.74, 6) is 2.92. The van der Waals surface area contributed by atoms with Crippen LogP contribution in [0.25, 0.3) is 0 Å². The van der Waals surface area contributed by atoms with Crippen molar-refractivity contribution in [3.05, 3.63) is 54.1 Å². The molecule has 0 aliphatic rings. The SMILES string of the molecule is CN=C(NCCCOCCOC)NCc1ccc(Oc2ccccc2OC)cc1. The lowest BCUT2D eigenvalue weighted by Gasteiger charge is -2.13. The predicted molar refractivity (Wildman–Crippen MR) is 115 cm³/mol. The van der Waals surface area contributed by atoms with Crippen LogP contribution in [0.2, 0.25) is 0 Å². The lowest BCUT2D eigenvalue weighted by Crippen LogP contribution is -2.37. The Bertz CT molecular complexity index is 735. The average molecular weight is 402 g/mol. The van der Waals surface area contributed by atoms with Crippen LogP contribution in [-0.4, -0.2) is 53.6 Å². The molecular weight excluding hydrogens is 370 g/mol. The van der Waals surface area contributed by atoms with Crippen molar-refractivity contribution in [2.24, 2.45) is 4.99 Å². The fourth-order valence-corrected chi connectivity index (χ4v) is 2.54. The van der Waals surface area contributed by atoms with Crippen molar-refractivity contribution in [1.29, 1.82) is 0 Å². The number of rotatable bonds is 12. The molecule has 0 aromatic heterocycles. The van der Waals surface area contributed by atoms with E-state index in [4.69, 9.17) is 18.9 Å². The van der Waals surface area contributed by atoms with Crippen molar-refractivity contribution in [2.45, 2.75) is 13.0 Å². The number of methoxy groups -OCH3 is 2. The predicted octanol–water partition coefficient (Wildman–Crippen LogP) is 3.21. The van der Waals surface area contributed by atoms with Crippen molar-refractivity contribution in [2.75, 3.05) is 47.6 Å². The molecule has 2 aromatic rings. The van der Waals surface area contributed by atoms with Gasteiger partial charge in [0, 0.05) is 33.9 Å². The molecule has 0 saturated heterocycles. The zero-order chi connectivity index (χ0) is 20.7. The van der Waals surface area contributed by atoms with E-state index in [1.54, 1.807) is 21.3 Å². The summed E-state index contributed by atoms with van der Waals surface area (Å²) in [6.45, 7) is 3.40. The number of guanidine groups is 1. The van der Waals surface area contributed by atoms with Crippen molar-refractivity contribution in [3.8, 4) is 17.2 Å². The molecule has 0 unspecified atom stereocenters.